The summed E-state index contributed by atoms with van der Waals surface area (Å²) in [6.45, 7) is 2.94. The maximum Gasteiger partial charge on any atom is 0.226 e. The van der Waals surface area contributed by atoms with E-state index in [-0.39, 0.29) is 18.4 Å². The number of nitrogens with zero attached hydrogens (tertiary/aromatic N) is 1. The molecule has 0 aromatic rings. The molecule has 1 heterocycles. The van der Waals surface area contributed by atoms with Gasteiger partial charge in [0.25, 0.3) is 0 Å². The van der Waals surface area contributed by atoms with Crippen LogP contribution in [0.5, 0.6) is 0 Å². The van der Waals surface area contributed by atoms with Gasteiger partial charge < -0.3 is 10.0 Å². The summed E-state index contributed by atoms with van der Waals surface area (Å²) in [6.07, 6.45) is 3.85. The lowest BCUT2D eigenvalue weighted by atomic mass is 10.1. The van der Waals surface area contributed by atoms with Crippen molar-refractivity contribution in [1.29, 1.82) is 0 Å². The summed E-state index contributed by atoms with van der Waals surface area (Å²) >= 11 is 5.69. The van der Waals surface area contributed by atoms with Gasteiger partial charge in [-0.1, -0.05) is 6.92 Å². The van der Waals surface area contributed by atoms with Crippen LogP contribution in [0.2, 0.25) is 0 Å². The molecule has 1 aliphatic rings. The number of alkyl halides is 1. The summed E-state index contributed by atoms with van der Waals surface area (Å²) in [6, 6.07) is 0.329. The van der Waals surface area contributed by atoms with Crippen molar-refractivity contribution in [2.45, 2.75) is 38.6 Å². The number of aliphatic hydroxyl groups excluding tert-OH is 1. The van der Waals surface area contributed by atoms with Crippen molar-refractivity contribution in [2.24, 2.45) is 5.92 Å². The number of halogens is 1. The molecule has 2 atom stereocenters. The first kappa shape index (κ1) is 12.8. The molecule has 0 aliphatic carbocycles. The highest BCUT2D eigenvalue weighted by Crippen LogP contribution is 2.23. The van der Waals surface area contributed by atoms with Crippen molar-refractivity contribution in [2.75, 3.05) is 19.0 Å². The normalized spacial score (nSPS) is 23.1. The first-order chi connectivity index (χ1) is 7.20. The van der Waals surface area contributed by atoms with Crippen LogP contribution in [-0.4, -0.2) is 41.0 Å². The van der Waals surface area contributed by atoms with Crippen molar-refractivity contribution in [3.63, 3.8) is 0 Å². The largest absolute Gasteiger partial charge is 0.396 e. The Morgan fingerprint density at radius 2 is 2.40 bits per heavy atom. The van der Waals surface area contributed by atoms with E-state index >= 15 is 0 Å². The molecule has 1 saturated heterocycles. The molecular formula is C11H20ClNO2. The number of hydrogen-bond acceptors (Lipinski definition) is 2. The summed E-state index contributed by atoms with van der Waals surface area (Å²) in [4.78, 5) is 13.9. The molecule has 2 unspecified atom stereocenters. The molecule has 0 aromatic heterocycles. The Labute approximate surface area is 96.4 Å². The second-order valence-corrected chi connectivity index (χ2v) is 4.56. The maximum atomic E-state index is 11.9. The highest BCUT2D eigenvalue weighted by atomic mass is 35.5. The third kappa shape index (κ3) is 3.35. The van der Waals surface area contributed by atoms with E-state index in [0.717, 1.165) is 32.2 Å². The molecule has 3 nitrogen and oxygen atoms in total. The second kappa shape index (κ2) is 6.33. The molecule has 0 spiro atoms. The Bertz CT molecular complexity index is 211. The highest BCUT2D eigenvalue weighted by Gasteiger charge is 2.30. The van der Waals surface area contributed by atoms with Crippen LogP contribution in [0, 0.1) is 5.92 Å². The molecule has 0 saturated carbocycles. The van der Waals surface area contributed by atoms with E-state index in [4.69, 9.17) is 16.7 Å². The first-order valence-corrected chi connectivity index (χ1v) is 6.21. The van der Waals surface area contributed by atoms with Gasteiger partial charge in [-0.15, -0.1) is 11.6 Å². The third-order valence-corrected chi connectivity index (χ3v) is 3.47. The molecule has 1 N–H and O–H groups in total. The summed E-state index contributed by atoms with van der Waals surface area (Å²) in [5.41, 5.74) is 0. The van der Waals surface area contributed by atoms with Crippen molar-refractivity contribution in [1.82, 2.24) is 4.90 Å². The number of carbonyl (C=O) groups is 1. The molecule has 1 fully saturated rings. The SMILES string of the molecule is CC(CCl)C(=O)N1CCCC1CCCO. The number of aliphatic hydroxyl groups is 1. The van der Waals surface area contributed by atoms with E-state index < -0.39 is 0 Å². The van der Waals surface area contributed by atoms with Crippen molar-refractivity contribution < 1.29 is 9.90 Å². The van der Waals surface area contributed by atoms with Gasteiger partial charge in [0.15, 0.2) is 0 Å². The molecule has 0 radical (unpaired) electrons. The number of carbonyl (C=O) groups excluding carboxylic acids is 1. The molecule has 15 heavy (non-hydrogen) atoms. The van der Waals surface area contributed by atoms with Gasteiger partial charge in [-0.05, 0) is 25.7 Å². The average molecular weight is 234 g/mol. The van der Waals surface area contributed by atoms with E-state index in [9.17, 15) is 4.79 Å². The standard InChI is InChI=1S/C11H20ClNO2/c1-9(8-12)11(15)13-6-2-4-10(13)5-3-7-14/h9-10,14H,2-8H2,1H3. The minimum absolute atomic E-state index is 0.0820. The highest BCUT2D eigenvalue weighted by molar-refractivity contribution is 6.19. The number of rotatable bonds is 5. The van der Waals surface area contributed by atoms with Crippen LogP contribution < -0.4 is 0 Å². The van der Waals surface area contributed by atoms with Crippen LogP contribution in [-0.2, 0) is 4.79 Å². The zero-order valence-corrected chi connectivity index (χ0v) is 10.0. The van der Waals surface area contributed by atoms with E-state index in [1.54, 1.807) is 0 Å². The lowest BCUT2D eigenvalue weighted by Gasteiger charge is -2.26. The van der Waals surface area contributed by atoms with Crippen LogP contribution in [0.25, 0.3) is 0 Å². The van der Waals surface area contributed by atoms with Gasteiger partial charge in [0.1, 0.15) is 0 Å². The number of hydrogen-bond donors (Lipinski definition) is 1. The van der Waals surface area contributed by atoms with Gasteiger partial charge in [-0.2, -0.15) is 0 Å². The Morgan fingerprint density at radius 1 is 1.67 bits per heavy atom. The van der Waals surface area contributed by atoms with Gasteiger partial charge >= 0.3 is 0 Å². The topological polar surface area (TPSA) is 40.5 Å². The average Bonchev–Trinajstić information content (AvgIpc) is 2.72. The fourth-order valence-corrected chi connectivity index (χ4v) is 2.23. The van der Waals surface area contributed by atoms with Gasteiger partial charge in [0.05, 0.1) is 0 Å². The molecular weight excluding hydrogens is 214 g/mol. The van der Waals surface area contributed by atoms with E-state index in [2.05, 4.69) is 0 Å². The number of amides is 1. The Kier molecular flexibility index (Phi) is 5.40. The van der Waals surface area contributed by atoms with Crippen LogP contribution >= 0.6 is 11.6 Å². The second-order valence-electron chi connectivity index (χ2n) is 4.25. The molecule has 0 aromatic carbocycles. The zero-order valence-electron chi connectivity index (χ0n) is 9.29. The lowest BCUT2D eigenvalue weighted by molar-refractivity contribution is -0.135. The van der Waals surface area contributed by atoms with E-state index in [1.165, 1.54) is 0 Å². The minimum atomic E-state index is -0.0820. The van der Waals surface area contributed by atoms with Gasteiger partial charge in [-0.25, -0.2) is 0 Å². The Balaban J connectivity index is 2.48. The maximum absolute atomic E-state index is 11.9. The quantitative estimate of drug-likeness (QED) is 0.734. The molecule has 0 bridgehead atoms. The van der Waals surface area contributed by atoms with Gasteiger partial charge in [0.2, 0.25) is 5.91 Å². The van der Waals surface area contributed by atoms with Crippen LogP contribution in [0.3, 0.4) is 0 Å². The van der Waals surface area contributed by atoms with Crippen LogP contribution in [0.15, 0.2) is 0 Å². The third-order valence-electron chi connectivity index (χ3n) is 3.01. The van der Waals surface area contributed by atoms with Crippen molar-refractivity contribution in [3.8, 4) is 0 Å². The van der Waals surface area contributed by atoms with Crippen LogP contribution in [0.1, 0.15) is 32.6 Å². The van der Waals surface area contributed by atoms with Crippen LogP contribution in [0.4, 0.5) is 0 Å². The van der Waals surface area contributed by atoms with Crippen molar-refractivity contribution >= 4 is 17.5 Å². The lowest BCUT2D eigenvalue weighted by Crippen LogP contribution is -2.39. The van der Waals surface area contributed by atoms with E-state index in [0.29, 0.717) is 11.9 Å². The summed E-state index contributed by atoms with van der Waals surface area (Å²) in [5, 5.41) is 8.78. The Hall–Kier alpha value is -0.280. The summed E-state index contributed by atoms with van der Waals surface area (Å²) < 4.78 is 0. The molecule has 88 valence electrons. The van der Waals surface area contributed by atoms with Gasteiger partial charge in [0, 0.05) is 31.0 Å². The van der Waals surface area contributed by atoms with E-state index in [1.807, 2.05) is 11.8 Å². The monoisotopic (exact) mass is 233 g/mol. The fraction of sp³-hybridized carbons (Fsp3) is 0.909. The minimum Gasteiger partial charge on any atom is -0.396 e. The molecule has 1 rings (SSSR count). The fourth-order valence-electron chi connectivity index (χ4n) is 2.10. The predicted octanol–water partition coefficient (Wildman–Crippen LogP) is 1.62. The van der Waals surface area contributed by atoms with Crippen molar-refractivity contribution in [3.05, 3.63) is 0 Å². The van der Waals surface area contributed by atoms with Gasteiger partial charge in [-0.3, -0.25) is 4.79 Å². The number of likely N-dealkylation sites (tertiary alicyclic amines) is 1. The molecule has 4 heteroatoms. The summed E-state index contributed by atoms with van der Waals surface area (Å²) in [5.74, 6) is 0.481. The smallest absolute Gasteiger partial charge is 0.226 e. The summed E-state index contributed by atoms with van der Waals surface area (Å²) in [7, 11) is 0. The zero-order chi connectivity index (χ0) is 11.3. The molecule has 1 amide bonds. The molecule has 1 aliphatic heterocycles. The Morgan fingerprint density at radius 3 is 3.00 bits per heavy atom. The predicted molar refractivity (Wildman–Crippen MR) is 60.9 cm³/mol. The first-order valence-electron chi connectivity index (χ1n) is 5.68.